The van der Waals surface area contributed by atoms with Gasteiger partial charge in [-0.25, -0.2) is 9.97 Å². The first-order valence-electron chi connectivity index (χ1n) is 7.97. The maximum Gasteiger partial charge on any atom is 0.272 e. The molecule has 1 N–H and O–H groups in total. The van der Waals surface area contributed by atoms with Gasteiger partial charge in [-0.05, 0) is 25.2 Å². The van der Waals surface area contributed by atoms with Crippen LogP contribution in [0.2, 0.25) is 5.02 Å². The van der Waals surface area contributed by atoms with E-state index in [1.165, 1.54) is 6.33 Å². The highest BCUT2D eigenvalue weighted by Crippen LogP contribution is 2.28. The molecule has 0 bridgehead atoms. The fourth-order valence-corrected chi connectivity index (χ4v) is 2.86. The molecule has 1 aromatic carbocycles. The number of benzene rings is 1. The van der Waals surface area contributed by atoms with E-state index >= 15 is 0 Å². The number of carbonyl (C=O) groups is 1. The lowest BCUT2D eigenvalue weighted by molar-refractivity contribution is 0.0658. The molecule has 1 aliphatic heterocycles. The van der Waals surface area contributed by atoms with Crippen molar-refractivity contribution in [2.75, 3.05) is 45.7 Å². The number of ether oxygens (including phenoxy) is 1. The first-order chi connectivity index (χ1) is 12.1. The molecule has 25 heavy (non-hydrogen) atoms. The fraction of sp³-hybridized carbons (Fsp3) is 0.353. The van der Waals surface area contributed by atoms with Crippen LogP contribution in [0, 0.1) is 0 Å². The number of rotatable bonds is 4. The number of anilines is 2. The second kappa shape index (κ2) is 7.67. The SMILES string of the molecule is COc1ccc(Nc2cc(C(=O)N3CCN(C)CC3)ncn2)cc1Cl. The predicted molar refractivity (Wildman–Crippen MR) is 96.7 cm³/mol. The van der Waals surface area contributed by atoms with E-state index in [0.29, 0.717) is 35.4 Å². The van der Waals surface area contributed by atoms with E-state index in [4.69, 9.17) is 16.3 Å². The van der Waals surface area contributed by atoms with E-state index in [1.807, 2.05) is 11.0 Å². The Labute approximate surface area is 151 Å². The lowest BCUT2D eigenvalue weighted by Crippen LogP contribution is -2.47. The van der Waals surface area contributed by atoms with Crippen LogP contribution < -0.4 is 10.1 Å². The van der Waals surface area contributed by atoms with Gasteiger partial charge in [-0.3, -0.25) is 4.79 Å². The van der Waals surface area contributed by atoms with Gasteiger partial charge in [0.1, 0.15) is 23.6 Å². The van der Waals surface area contributed by atoms with Crippen LogP contribution >= 0.6 is 11.6 Å². The Balaban J connectivity index is 1.73. The molecule has 1 saturated heterocycles. The van der Waals surface area contributed by atoms with Crippen molar-refractivity contribution in [3.63, 3.8) is 0 Å². The molecule has 7 nitrogen and oxygen atoms in total. The summed E-state index contributed by atoms with van der Waals surface area (Å²) in [4.78, 5) is 24.9. The number of nitrogens with one attached hydrogen (secondary N) is 1. The molecular weight excluding hydrogens is 342 g/mol. The van der Waals surface area contributed by atoms with E-state index < -0.39 is 0 Å². The summed E-state index contributed by atoms with van der Waals surface area (Å²) in [7, 11) is 3.61. The summed E-state index contributed by atoms with van der Waals surface area (Å²) in [5, 5.41) is 3.63. The number of methoxy groups -OCH3 is 1. The monoisotopic (exact) mass is 361 g/mol. The maximum atomic E-state index is 12.6. The minimum Gasteiger partial charge on any atom is -0.495 e. The van der Waals surface area contributed by atoms with Crippen molar-refractivity contribution in [2.24, 2.45) is 0 Å². The first kappa shape index (κ1) is 17.4. The third-order valence-corrected chi connectivity index (χ3v) is 4.40. The van der Waals surface area contributed by atoms with E-state index in [9.17, 15) is 4.79 Å². The van der Waals surface area contributed by atoms with Gasteiger partial charge in [0.15, 0.2) is 0 Å². The van der Waals surface area contributed by atoms with E-state index in [2.05, 4.69) is 27.2 Å². The third-order valence-electron chi connectivity index (χ3n) is 4.10. The largest absolute Gasteiger partial charge is 0.495 e. The Kier molecular flexibility index (Phi) is 5.35. The minimum absolute atomic E-state index is 0.0775. The van der Waals surface area contributed by atoms with Crippen LogP contribution in [0.5, 0.6) is 5.75 Å². The van der Waals surface area contributed by atoms with Crippen LogP contribution in [-0.4, -0.2) is 66.0 Å². The molecule has 0 saturated carbocycles. The summed E-state index contributed by atoms with van der Waals surface area (Å²) in [6.45, 7) is 3.14. The number of nitrogens with zero attached hydrogens (tertiary/aromatic N) is 4. The molecule has 0 radical (unpaired) electrons. The Morgan fingerprint density at radius 1 is 1.20 bits per heavy atom. The lowest BCUT2D eigenvalue weighted by atomic mass is 10.2. The van der Waals surface area contributed by atoms with Crippen LogP contribution in [0.3, 0.4) is 0 Å². The predicted octanol–water partition coefficient (Wildman–Crippen LogP) is 2.27. The summed E-state index contributed by atoms with van der Waals surface area (Å²) in [5.41, 5.74) is 1.13. The van der Waals surface area contributed by atoms with Crippen LogP contribution in [0.25, 0.3) is 0 Å². The molecule has 0 spiro atoms. The average molecular weight is 362 g/mol. The third kappa shape index (κ3) is 4.18. The molecule has 8 heteroatoms. The highest BCUT2D eigenvalue weighted by molar-refractivity contribution is 6.32. The van der Waals surface area contributed by atoms with Crippen LogP contribution in [-0.2, 0) is 0 Å². The Bertz CT molecular complexity index is 762. The Morgan fingerprint density at radius 3 is 2.64 bits per heavy atom. The van der Waals surface area contributed by atoms with Gasteiger partial charge in [0.2, 0.25) is 0 Å². The zero-order chi connectivity index (χ0) is 17.8. The first-order valence-corrected chi connectivity index (χ1v) is 8.35. The number of likely N-dealkylation sites (N-methyl/N-ethyl adjacent to an activating group) is 1. The van der Waals surface area contributed by atoms with E-state index in [0.717, 1.165) is 18.8 Å². The molecule has 1 aromatic heterocycles. The van der Waals surface area contributed by atoms with Crippen molar-refractivity contribution in [2.45, 2.75) is 0 Å². The Hall–Kier alpha value is -2.38. The van der Waals surface area contributed by atoms with Gasteiger partial charge in [-0.2, -0.15) is 0 Å². The molecule has 1 amide bonds. The zero-order valence-electron chi connectivity index (χ0n) is 14.2. The number of piperazine rings is 1. The number of aromatic nitrogens is 2. The molecule has 0 unspecified atom stereocenters. The molecule has 0 aliphatic carbocycles. The summed E-state index contributed by atoms with van der Waals surface area (Å²) in [5.74, 6) is 1.06. The molecule has 132 valence electrons. The molecule has 2 aromatic rings. The fourth-order valence-electron chi connectivity index (χ4n) is 2.61. The summed E-state index contributed by atoms with van der Waals surface area (Å²) >= 11 is 6.13. The van der Waals surface area contributed by atoms with Crippen LogP contribution in [0.15, 0.2) is 30.6 Å². The van der Waals surface area contributed by atoms with E-state index in [-0.39, 0.29) is 5.91 Å². The number of carbonyl (C=O) groups excluding carboxylic acids is 1. The van der Waals surface area contributed by atoms with Crippen LogP contribution in [0.4, 0.5) is 11.5 Å². The number of amides is 1. The topological polar surface area (TPSA) is 70.6 Å². The zero-order valence-corrected chi connectivity index (χ0v) is 15.0. The van der Waals surface area contributed by atoms with E-state index in [1.54, 1.807) is 25.3 Å². The second-order valence-electron chi connectivity index (χ2n) is 5.86. The smallest absolute Gasteiger partial charge is 0.272 e. The van der Waals surface area contributed by atoms with Crippen molar-refractivity contribution in [3.8, 4) is 5.75 Å². The van der Waals surface area contributed by atoms with Crippen molar-refractivity contribution in [3.05, 3.63) is 41.3 Å². The van der Waals surface area contributed by atoms with Gasteiger partial charge >= 0.3 is 0 Å². The van der Waals surface area contributed by atoms with Gasteiger partial charge in [0.25, 0.3) is 5.91 Å². The van der Waals surface area contributed by atoms with Crippen molar-refractivity contribution < 1.29 is 9.53 Å². The van der Waals surface area contributed by atoms with Gasteiger partial charge in [-0.15, -0.1) is 0 Å². The molecule has 1 fully saturated rings. The average Bonchev–Trinajstić information content (AvgIpc) is 2.62. The number of halogens is 1. The molecule has 2 heterocycles. The van der Waals surface area contributed by atoms with Crippen molar-refractivity contribution in [1.82, 2.24) is 19.8 Å². The maximum absolute atomic E-state index is 12.6. The summed E-state index contributed by atoms with van der Waals surface area (Å²) in [6.07, 6.45) is 1.39. The van der Waals surface area contributed by atoms with Gasteiger partial charge in [0, 0.05) is 37.9 Å². The summed E-state index contributed by atoms with van der Waals surface area (Å²) in [6, 6.07) is 6.99. The standard InChI is InChI=1S/C17H20ClN5O2/c1-22-5-7-23(8-6-22)17(24)14-10-16(20-11-19-14)21-12-3-4-15(25-2)13(18)9-12/h3-4,9-11H,5-8H2,1-2H3,(H,19,20,21). The highest BCUT2D eigenvalue weighted by Gasteiger charge is 2.21. The van der Waals surface area contributed by atoms with Crippen LogP contribution in [0.1, 0.15) is 10.5 Å². The van der Waals surface area contributed by atoms with Gasteiger partial charge in [0.05, 0.1) is 12.1 Å². The molecular formula is C17H20ClN5O2. The van der Waals surface area contributed by atoms with Gasteiger partial charge in [-0.1, -0.05) is 11.6 Å². The highest BCUT2D eigenvalue weighted by atomic mass is 35.5. The number of hydrogen-bond acceptors (Lipinski definition) is 6. The number of hydrogen-bond donors (Lipinski definition) is 1. The van der Waals surface area contributed by atoms with Crippen molar-refractivity contribution >= 4 is 29.0 Å². The normalized spacial score (nSPS) is 15.1. The molecule has 3 rings (SSSR count). The quantitative estimate of drug-likeness (QED) is 0.900. The lowest BCUT2D eigenvalue weighted by Gasteiger charge is -2.32. The van der Waals surface area contributed by atoms with Crippen molar-refractivity contribution in [1.29, 1.82) is 0 Å². The minimum atomic E-state index is -0.0775. The molecule has 1 aliphatic rings. The Morgan fingerprint density at radius 2 is 1.96 bits per heavy atom. The molecule has 0 atom stereocenters. The summed E-state index contributed by atoms with van der Waals surface area (Å²) < 4.78 is 5.14. The second-order valence-corrected chi connectivity index (χ2v) is 6.27. The van der Waals surface area contributed by atoms with Gasteiger partial charge < -0.3 is 19.9 Å².